The van der Waals surface area contributed by atoms with E-state index in [-0.39, 0.29) is 30.7 Å². The van der Waals surface area contributed by atoms with Gasteiger partial charge in [-0.25, -0.2) is 0 Å². The third-order valence-corrected chi connectivity index (χ3v) is 4.79. The Morgan fingerprint density at radius 2 is 2.12 bits per heavy atom. The average Bonchev–Trinajstić information content (AvgIpc) is 3.20. The number of likely N-dealkylation sites (N-methyl/N-ethyl adjacent to an activating group) is 1. The number of carbonyl (C=O) groups is 1. The summed E-state index contributed by atoms with van der Waals surface area (Å²) in [7, 11) is 4.16. The minimum atomic E-state index is 0. The van der Waals surface area contributed by atoms with E-state index in [1.165, 1.54) is 17.3 Å². The number of nitrogens with zero attached hydrogens (tertiary/aromatic N) is 2. The maximum atomic E-state index is 12.2. The zero-order valence-corrected chi connectivity index (χ0v) is 17.2. The highest BCUT2D eigenvalue weighted by Gasteiger charge is 2.15. The molecule has 0 bridgehead atoms. The Labute approximate surface area is 168 Å². The zero-order chi connectivity index (χ0) is 16.9. The Bertz CT molecular complexity index is 696. The summed E-state index contributed by atoms with van der Waals surface area (Å²) in [5.41, 5.74) is 2.07. The van der Waals surface area contributed by atoms with E-state index in [1.807, 2.05) is 6.07 Å². The van der Waals surface area contributed by atoms with Gasteiger partial charge in [0.1, 0.15) is 0 Å². The van der Waals surface area contributed by atoms with E-state index in [0.717, 1.165) is 38.3 Å². The van der Waals surface area contributed by atoms with Crippen molar-refractivity contribution in [3.63, 3.8) is 0 Å². The molecule has 5 nitrogen and oxygen atoms in total. The molecule has 26 heavy (non-hydrogen) atoms. The molecular weight excluding hydrogens is 371 g/mol. The molecule has 1 atom stereocenters. The summed E-state index contributed by atoms with van der Waals surface area (Å²) in [6.45, 7) is 4.09. The summed E-state index contributed by atoms with van der Waals surface area (Å²) >= 11 is 0. The van der Waals surface area contributed by atoms with Crippen molar-refractivity contribution in [3.05, 3.63) is 30.5 Å². The summed E-state index contributed by atoms with van der Waals surface area (Å²) in [4.78, 5) is 14.4. The summed E-state index contributed by atoms with van der Waals surface area (Å²) in [5.74, 6) is 0.772. The van der Waals surface area contributed by atoms with E-state index in [2.05, 4.69) is 58.6 Å². The van der Waals surface area contributed by atoms with Crippen LogP contribution in [0.3, 0.4) is 0 Å². The Morgan fingerprint density at radius 1 is 1.31 bits per heavy atom. The van der Waals surface area contributed by atoms with Crippen molar-refractivity contribution in [2.24, 2.45) is 5.92 Å². The molecule has 1 aliphatic rings. The fourth-order valence-electron chi connectivity index (χ4n) is 3.28. The number of amides is 1. The van der Waals surface area contributed by atoms with Crippen LogP contribution < -0.4 is 10.6 Å². The highest BCUT2D eigenvalue weighted by molar-refractivity contribution is 5.93. The van der Waals surface area contributed by atoms with Crippen LogP contribution in [0, 0.1) is 5.92 Å². The molecule has 3 rings (SSSR count). The second kappa shape index (κ2) is 10.8. The summed E-state index contributed by atoms with van der Waals surface area (Å²) < 4.78 is 2.25. The van der Waals surface area contributed by atoms with Crippen molar-refractivity contribution in [1.82, 2.24) is 14.8 Å². The molecule has 1 amide bonds. The van der Waals surface area contributed by atoms with Crippen LogP contribution in [0.5, 0.6) is 0 Å². The van der Waals surface area contributed by atoms with Gasteiger partial charge >= 0.3 is 0 Å². The number of rotatable bonds is 7. The van der Waals surface area contributed by atoms with Gasteiger partial charge in [-0.2, -0.15) is 0 Å². The van der Waals surface area contributed by atoms with Crippen LogP contribution >= 0.6 is 24.8 Å². The number of carbonyl (C=O) groups excluding carboxylic acids is 1. The molecule has 146 valence electrons. The average molecular weight is 401 g/mol. The fourth-order valence-corrected chi connectivity index (χ4v) is 3.28. The topological polar surface area (TPSA) is 49.3 Å². The molecule has 0 spiro atoms. The third kappa shape index (κ3) is 6.16. The van der Waals surface area contributed by atoms with Crippen molar-refractivity contribution in [1.29, 1.82) is 0 Å². The van der Waals surface area contributed by atoms with Crippen LogP contribution in [0.2, 0.25) is 0 Å². The number of fused-ring (bicyclic) bond motifs is 1. The van der Waals surface area contributed by atoms with E-state index < -0.39 is 0 Å². The fraction of sp³-hybridized carbons (Fsp3) is 0.526. The first-order valence-electron chi connectivity index (χ1n) is 8.86. The molecule has 0 radical (unpaired) electrons. The van der Waals surface area contributed by atoms with E-state index in [9.17, 15) is 4.79 Å². The first kappa shape index (κ1) is 22.8. The Balaban J connectivity index is 0.00000169. The van der Waals surface area contributed by atoms with Crippen molar-refractivity contribution in [2.45, 2.75) is 25.8 Å². The minimum Gasteiger partial charge on any atom is -0.346 e. The number of aromatic nitrogens is 1. The predicted molar refractivity (Wildman–Crippen MR) is 114 cm³/mol. The van der Waals surface area contributed by atoms with Gasteiger partial charge in [0.2, 0.25) is 5.91 Å². The van der Waals surface area contributed by atoms with E-state index in [0.29, 0.717) is 12.3 Å². The number of benzene rings is 1. The van der Waals surface area contributed by atoms with Crippen molar-refractivity contribution in [3.8, 4) is 0 Å². The van der Waals surface area contributed by atoms with Gasteiger partial charge in [0.05, 0.1) is 5.52 Å². The van der Waals surface area contributed by atoms with Crippen LogP contribution in [0.15, 0.2) is 30.5 Å². The summed E-state index contributed by atoms with van der Waals surface area (Å²) in [6, 6.07) is 8.29. The molecule has 1 fully saturated rings. The third-order valence-electron chi connectivity index (χ3n) is 4.79. The van der Waals surface area contributed by atoms with Gasteiger partial charge < -0.3 is 20.1 Å². The van der Waals surface area contributed by atoms with Gasteiger partial charge in [0.15, 0.2) is 0 Å². The summed E-state index contributed by atoms with van der Waals surface area (Å²) in [6.07, 6.45) is 4.89. The quantitative estimate of drug-likeness (QED) is 0.748. The van der Waals surface area contributed by atoms with Crippen molar-refractivity contribution in [2.75, 3.05) is 39.0 Å². The molecule has 2 heterocycles. The number of halogens is 2. The summed E-state index contributed by atoms with van der Waals surface area (Å²) in [5, 5.41) is 7.62. The van der Waals surface area contributed by atoms with Crippen molar-refractivity contribution < 1.29 is 4.79 Å². The second-order valence-corrected chi connectivity index (χ2v) is 7.03. The first-order chi connectivity index (χ1) is 11.6. The van der Waals surface area contributed by atoms with E-state index >= 15 is 0 Å². The largest absolute Gasteiger partial charge is 0.346 e. The lowest BCUT2D eigenvalue weighted by atomic mass is 10.0. The van der Waals surface area contributed by atoms with Crippen LogP contribution in [0.1, 0.15) is 19.3 Å². The molecule has 2 aromatic rings. The lowest BCUT2D eigenvalue weighted by Crippen LogP contribution is -2.18. The maximum Gasteiger partial charge on any atom is 0.224 e. The molecule has 1 aromatic carbocycles. The molecule has 0 saturated carbocycles. The highest BCUT2D eigenvalue weighted by Crippen LogP contribution is 2.21. The van der Waals surface area contributed by atoms with E-state index in [1.54, 1.807) is 0 Å². The number of nitrogens with one attached hydrogen (secondary N) is 2. The van der Waals surface area contributed by atoms with Gasteiger partial charge in [0, 0.05) is 31.4 Å². The molecule has 1 unspecified atom stereocenters. The zero-order valence-electron chi connectivity index (χ0n) is 15.5. The van der Waals surface area contributed by atoms with Gasteiger partial charge in [-0.3, -0.25) is 4.79 Å². The minimum absolute atomic E-state index is 0. The first-order valence-corrected chi connectivity index (χ1v) is 8.86. The smallest absolute Gasteiger partial charge is 0.224 e. The van der Waals surface area contributed by atoms with E-state index in [4.69, 9.17) is 0 Å². The standard InChI is InChI=1S/C19H28N4O.2ClH/c1-22(2)11-12-23-10-8-16-4-5-17(13-18(16)23)21-19(24)6-3-15-7-9-20-14-15;;/h4-5,8,10,13,15,20H,3,6-7,9,11-12,14H2,1-2H3,(H,21,24);2*1H. The number of hydrogen-bond donors (Lipinski definition) is 2. The van der Waals surface area contributed by atoms with Crippen LogP contribution in [-0.2, 0) is 11.3 Å². The van der Waals surface area contributed by atoms with Gasteiger partial charge in [0.25, 0.3) is 0 Å². The van der Waals surface area contributed by atoms with Gasteiger partial charge in [-0.05, 0) is 69.5 Å². The van der Waals surface area contributed by atoms with Crippen molar-refractivity contribution >= 4 is 47.3 Å². The molecule has 1 aromatic heterocycles. The number of anilines is 1. The molecular formula is C19H30Cl2N4O. The molecule has 7 heteroatoms. The Morgan fingerprint density at radius 3 is 2.81 bits per heavy atom. The lowest BCUT2D eigenvalue weighted by Gasteiger charge is -2.12. The molecule has 2 N–H and O–H groups in total. The van der Waals surface area contributed by atoms with Gasteiger partial charge in [-0.15, -0.1) is 24.8 Å². The molecule has 0 aliphatic carbocycles. The van der Waals surface area contributed by atoms with Crippen LogP contribution in [0.4, 0.5) is 5.69 Å². The predicted octanol–water partition coefficient (Wildman–Crippen LogP) is 3.37. The highest BCUT2D eigenvalue weighted by atomic mass is 35.5. The SMILES string of the molecule is CN(C)CCn1ccc2ccc(NC(=O)CCC3CCNC3)cc21.Cl.Cl. The normalized spacial score (nSPS) is 16.3. The monoisotopic (exact) mass is 400 g/mol. The number of hydrogen-bond acceptors (Lipinski definition) is 3. The van der Waals surface area contributed by atoms with Crippen LogP contribution in [0.25, 0.3) is 10.9 Å². The Kier molecular flexibility index (Phi) is 9.44. The second-order valence-electron chi connectivity index (χ2n) is 7.03. The molecule has 1 saturated heterocycles. The molecule has 1 aliphatic heterocycles. The Hall–Kier alpha value is -1.27. The lowest BCUT2D eigenvalue weighted by molar-refractivity contribution is -0.116. The van der Waals surface area contributed by atoms with Gasteiger partial charge in [-0.1, -0.05) is 6.07 Å². The maximum absolute atomic E-state index is 12.2. The van der Waals surface area contributed by atoms with Crippen LogP contribution in [-0.4, -0.2) is 49.1 Å².